The maximum atomic E-state index is 11.6. The lowest BCUT2D eigenvalue weighted by atomic mass is 10.1. The second-order valence-corrected chi connectivity index (χ2v) is 7.48. The van der Waals surface area contributed by atoms with Crippen LogP contribution in [0.2, 0.25) is 0 Å². The number of fused-ring (bicyclic) bond motifs is 1. The van der Waals surface area contributed by atoms with Gasteiger partial charge < -0.3 is 14.8 Å². The van der Waals surface area contributed by atoms with Gasteiger partial charge in [-0.25, -0.2) is 0 Å². The molecule has 0 saturated carbocycles. The summed E-state index contributed by atoms with van der Waals surface area (Å²) in [5, 5.41) is 16.3. The number of aromatic nitrogens is 4. The Balaban J connectivity index is 1.51. The molecule has 0 unspecified atom stereocenters. The van der Waals surface area contributed by atoms with Gasteiger partial charge >= 0.3 is 5.97 Å². The first-order chi connectivity index (χ1) is 14.6. The first-order valence-electron chi connectivity index (χ1n) is 9.97. The second kappa shape index (κ2) is 8.66. The number of likely N-dealkylation sites (N-methyl/N-ethyl adjacent to an activating group) is 1. The number of methoxy groups -OCH3 is 2. The van der Waals surface area contributed by atoms with Gasteiger partial charge in [-0.3, -0.25) is 9.69 Å². The molecule has 1 saturated heterocycles. The third-order valence-corrected chi connectivity index (χ3v) is 5.80. The van der Waals surface area contributed by atoms with Crippen LogP contribution in [0.5, 0.6) is 5.75 Å². The Hall–Kier alpha value is -3.20. The Morgan fingerprint density at radius 3 is 2.70 bits per heavy atom. The van der Waals surface area contributed by atoms with E-state index in [-0.39, 0.29) is 12.0 Å². The largest absolute Gasteiger partial charge is 0.497 e. The number of rotatable bonds is 7. The van der Waals surface area contributed by atoms with Gasteiger partial charge in [0.1, 0.15) is 12.1 Å². The number of hydrogen-bond donors (Lipinski definition) is 1. The van der Waals surface area contributed by atoms with E-state index in [1.165, 1.54) is 7.11 Å². The van der Waals surface area contributed by atoms with Crippen LogP contribution in [0.4, 0.5) is 5.69 Å². The summed E-state index contributed by atoms with van der Waals surface area (Å²) in [6.07, 6.45) is 4.02. The van der Waals surface area contributed by atoms with Crippen molar-refractivity contribution in [2.75, 3.05) is 33.1 Å². The van der Waals surface area contributed by atoms with Gasteiger partial charge in [0.2, 0.25) is 5.65 Å². The zero-order chi connectivity index (χ0) is 21.1. The third-order valence-electron chi connectivity index (χ3n) is 5.80. The van der Waals surface area contributed by atoms with Gasteiger partial charge in [-0.2, -0.15) is 9.61 Å². The molecule has 1 N–H and O–H groups in total. The first kappa shape index (κ1) is 20.1. The molecule has 0 bridgehead atoms. The van der Waals surface area contributed by atoms with Crippen molar-refractivity contribution in [2.24, 2.45) is 0 Å². The fourth-order valence-electron chi connectivity index (χ4n) is 3.95. The Kier molecular flexibility index (Phi) is 5.80. The van der Waals surface area contributed by atoms with Crippen molar-refractivity contribution in [3.63, 3.8) is 0 Å². The fourth-order valence-corrected chi connectivity index (χ4v) is 3.95. The monoisotopic (exact) mass is 410 g/mol. The number of carbonyl (C=O) groups excluding carboxylic acids is 1. The minimum atomic E-state index is -0.163. The van der Waals surface area contributed by atoms with Crippen LogP contribution in [0.1, 0.15) is 19.3 Å². The molecule has 1 aliphatic heterocycles. The van der Waals surface area contributed by atoms with Crippen LogP contribution in [-0.4, -0.2) is 70.6 Å². The van der Waals surface area contributed by atoms with Crippen LogP contribution in [0, 0.1) is 0 Å². The number of nitrogens with one attached hydrogen (secondary N) is 1. The summed E-state index contributed by atoms with van der Waals surface area (Å²) in [6.45, 7) is 0.739. The maximum absolute atomic E-state index is 11.6. The number of nitrogens with zero attached hydrogens (tertiary/aromatic N) is 5. The number of ether oxygens (including phenoxy) is 2. The fraction of sp³-hybridized carbons (Fsp3) is 0.429. The normalized spacial score (nSPS) is 19.2. The Morgan fingerprint density at radius 1 is 1.20 bits per heavy atom. The lowest BCUT2D eigenvalue weighted by Gasteiger charge is -2.25. The number of hydrogen-bond acceptors (Lipinski definition) is 8. The van der Waals surface area contributed by atoms with Crippen LogP contribution in [0.3, 0.4) is 0 Å². The van der Waals surface area contributed by atoms with Crippen LogP contribution < -0.4 is 10.1 Å². The van der Waals surface area contributed by atoms with Gasteiger partial charge in [0, 0.05) is 24.2 Å². The SMILES string of the molecule is COC(=O)C[C@H]1CC[C@@H](CNc2cc(-c3ccc(OC)cc3)nn3cnnc23)N1C. The molecule has 3 aromatic rings. The minimum Gasteiger partial charge on any atom is -0.497 e. The van der Waals surface area contributed by atoms with E-state index in [2.05, 4.69) is 32.6 Å². The van der Waals surface area contributed by atoms with Gasteiger partial charge in [0.15, 0.2) is 0 Å². The number of benzene rings is 1. The average molecular weight is 410 g/mol. The molecule has 1 aromatic carbocycles. The molecule has 2 aromatic heterocycles. The smallest absolute Gasteiger partial charge is 0.307 e. The molecule has 0 spiro atoms. The second-order valence-electron chi connectivity index (χ2n) is 7.48. The summed E-state index contributed by atoms with van der Waals surface area (Å²) in [5.41, 5.74) is 3.35. The zero-order valence-corrected chi connectivity index (χ0v) is 17.4. The minimum absolute atomic E-state index is 0.163. The molecule has 0 aliphatic carbocycles. The highest BCUT2D eigenvalue weighted by Gasteiger charge is 2.32. The molecule has 30 heavy (non-hydrogen) atoms. The van der Waals surface area contributed by atoms with Gasteiger partial charge in [-0.15, -0.1) is 10.2 Å². The summed E-state index contributed by atoms with van der Waals surface area (Å²) >= 11 is 0. The summed E-state index contributed by atoms with van der Waals surface area (Å²) in [4.78, 5) is 13.9. The molecular weight excluding hydrogens is 384 g/mol. The molecule has 0 amide bonds. The van der Waals surface area contributed by atoms with Crippen LogP contribution >= 0.6 is 0 Å². The van der Waals surface area contributed by atoms with Crippen molar-refractivity contribution >= 4 is 17.3 Å². The summed E-state index contributed by atoms with van der Waals surface area (Å²) in [5.74, 6) is 0.636. The highest BCUT2D eigenvalue weighted by atomic mass is 16.5. The lowest BCUT2D eigenvalue weighted by Crippen LogP contribution is -2.37. The summed E-state index contributed by atoms with van der Waals surface area (Å²) in [7, 11) is 5.15. The molecule has 9 nitrogen and oxygen atoms in total. The zero-order valence-electron chi connectivity index (χ0n) is 17.4. The summed E-state index contributed by atoms with van der Waals surface area (Å²) in [6, 6.07) is 10.3. The van der Waals surface area contributed by atoms with E-state index in [0.29, 0.717) is 18.1 Å². The number of esters is 1. The van der Waals surface area contributed by atoms with E-state index in [0.717, 1.165) is 42.1 Å². The van der Waals surface area contributed by atoms with Gasteiger partial charge in [0.05, 0.1) is 32.0 Å². The van der Waals surface area contributed by atoms with Crippen LogP contribution in [0.25, 0.3) is 16.9 Å². The van der Waals surface area contributed by atoms with Crippen molar-refractivity contribution < 1.29 is 14.3 Å². The topological polar surface area (TPSA) is 93.9 Å². The Morgan fingerprint density at radius 2 is 1.97 bits per heavy atom. The highest BCUT2D eigenvalue weighted by Crippen LogP contribution is 2.28. The van der Waals surface area contributed by atoms with Crippen molar-refractivity contribution in [2.45, 2.75) is 31.3 Å². The van der Waals surface area contributed by atoms with Gasteiger partial charge in [-0.1, -0.05) is 0 Å². The van der Waals surface area contributed by atoms with E-state index in [9.17, 15) is 4.79 Å². The van der Waals surface area contributed by atoms with Crippen molar-refractivity contribution in [3.05, 3.63) is 36.7 Å². The highest BCUT2D eigenvalue weighted by molar-refractivity contribution is 5.73. The van der Waals surface area contributed by atoms with Crippen LogP contribution in [-0.2, 0) is 9.53 Å². The molecular formula is C21H26N6O3. The van der Waals surface area contributed by atoms with E-state index in [1.807, 2.05) is 30.3 Å². The lowest BCUT2D eigenvalue weighted by molar-refractivity contribution is -0.141. The molecule has 3 heterocycles. The number of anilines is 1. The Bertz CT molecular complexity index is 1020. The average Bonchev–Trinajstić information content (AvgIpc) is 3.39. The predicted molar refractivity (Wildman–Crippen MR) is 112 cm³/mol. The van der Waals surface area contributed by atoms with Crippen LogP contribution in [0.15, 0.2) is 36.7 Å². The molecule has 158 valence electrons. The van der Waals surface area contributed by atoms with Crippen molar-refractivity contribution in [1.82, 2.24) is 24.7 Å². The van der Waals surface area contributed by atoms with E-state index < -0.39 is 0 Å². The molecule has 2 atom stereocenters. The van der Waals surface area contributed by atoms with E-state index in [4.69, 9.17) is 9.47 Å². The molecule has 1 fully saturated rings. The third kappa shape index (κ3) is 4.06. The molecule has 1 aliphatic rings. The molecule has 4 rings (SSSR count). The summed E-state index contributed by atoms with van der Waals surface area (Å²) < 4.78 is 11.7. The number of carbonyl (C=O) groups is 1. The standard InChI is InChI=1S/C21H26N6O3/c1-26-15(10-20(28)30-3)6-7-16(26)12-22-19-11-18(25-27-13-23-24-21(19)27)14-4-8-17(29-2)9-5-14/h4-5,8-9,11,13,15-16,22H,6-7,10,12H2,1-3H3/t15-,16+/m1/s1. The quantitative estimate of drug-likeness (QED) is 0.593. The first-order valence-corrected chi connectivity index (χ1v) is 9.97. The van der Waals surface area contributed by atoms with Gasteiger partial charge in [-0.05, 0) is 50.2 Å². The van der Waals surface area contributed by atoms with Crippen molar-refractivity contribution in [1.29, 1.82) is 0 Å². The Labute approximate surface area is 175 Å². The maximum Gasteiger partial charge on any atom is 0.307 e. The number of likely N-dealkylation sites (tertiary alicyclic amines) is 1. The predicted octanol–water partition coefficient (Wildman–Crippen LogP) is 2.24. The van der Waals surface area contributed by atoms with Crippen molar-refractivity contribution in [3.8, 4) is 17.0 Å². The van der Waals surface area contributed by atoms with Gasteiger partial charge in [0.25, 0.3) is 0 Å². The molecule has 0 radical (unpaired) electrons. The molecule has 9 heteroatoms. The van der Waals surface area contributed by atoms with E-state index in [1.54, 1.807) is 18.0 Å². The van der Waals surface area contributed by atoms with E-state index >= 15 is 0 Å².